The maximum Gasteiger partial charge on any atom is 0.346 e. The molecule has 1 heterocycles. The predicted molar refractivity (Wildman–Crippen MR) is 100 cm³/mol. The summed E-state index contributed by atoms with van der Waals surface area (Å²) in [6.45, 7) is 2.08. The fourth-order valence-corrected chi connectivity index (χ4v) is 4.14. The molecular weight excluding hydrogens is 361 g/mol. The molecule has 6 heteroatoms. The summed E-state index contributed by atoms with van der Waals surface area (Å²) in [4.78, 5) is 39.4. The predicted octanol–water partition coefficient (Wildman–Crippen LogP) is 3.97. The average molecular weight is 381 g/mol. The van der Waals surface area contributed by atoms with Gasteiger partial charge in [-0.25, -0.2) is 14.1 Å². The number of rotatable bonds is 3. The number of carbonyl (C=O) groups is 3. The third-order valence-electron chi connectivity index (χ3n) is 5.59. The Morgan fingerprint density at radius 3 is 2.46 bits per heavy atom. The quantitative estimate of drug-likeness (QED) is 0.458. The molecule has 1 saturated heterocycles. The van der Waals surface area contributed by atoms with Gasteiger partial charge in [-0.3, -0.25) is 9.59 Å². The number of para-hydroxylation sites is 2. The van der Waals surface area contributed by atoms with E-state index in [2.05, 4.69) is 6.92 Å². The zero-order valence-corrected chi connectivity index (χ0v) is 15.4. The first-order valence-electron chi connectivity index (χ1n) is 9.41. The van der Waals surface area contributed by atoms with Crippen LogP contribution in [-0.2, 0) is 9.59 Å². The fourth-order valence-electron chi connectivity index (χ4n) is 4.14. The number of anilines is 1. The molecule has 0 radical (unpaired) electrons. The Morgan fingerprint density at radius 2 is 1.68 bits per heavy atom. The van der Waals surface area contributed by atoms with Crippen molar-refractivity contribution in [3.8, 4) is 5.75 Å². The lowest BCUT2D eigenvalue weighted by Crippen LogP contribution is -2.31. The Bertz CT molecular complexity index is 957. The molecule has 0 unspecified atom stereocenters. The van der Waals surface area contributed by atoms with Crippen molar-refractivity contribution in [2.75, 3.05) is 4.90 Å². The summed E-state index contributed by atoms with van der Waals surface area (Å²) in [6.07, 6.45) is 2.28. The maximum atomic E-state index is 13.9. The summed E-state index contributed by atoms with van der Waals surface area (Å²) < 4.78 is 19.3. The van der Waals surface area contributed by atoms with Crippen molar-refractivity contribution >= 4 is 23.5 Å². The third-order valence-corrected chi connectivity index (χ3v) is 5.59. The minimum Gasteiger partial charge on any atom is -0.421 e. The van der Waals surface area contributed by atoms with Crippen LogP contribution in [0.2, 0.25) is 0 Å². The van der Waals surface area contributed by atoms with E-state index in [4.69, 9.17) is 4.74 Å². The molecule has 4 rings (SSSR count). The first kappa shape index (κ1) is 18.3. The lowest BCUT2D eigenvalue weighted by atomic mass is 9.76. The number of hydrogen-bond donors (Lipinski definition) is 0. The topological polar surface area (TPSA) is 63.7 Å². The minimum absolute atomic E-state index is 0.0594. The van der Waals surface area contributed by atoms with Gasteiger partial charge in [0.25, 0.3) is 0 Å². The highest BCUT2D eigenvalue weighted by Crippen LogP contribution is 2.44. The molecule has 0 bridgehead atoms. The number of imide groups is 1. The van der Waals surface area contributed by atoms with Crippen molar-refractivity contribution in [3.05, 3.63) is 59.9 Å². The number of nitrogens with zero attached hydrogens (tertiary/aromatic N) is 1. The first-order chi connectivity index (χ1) is 13.5. The van der Waals surface area contributed by atoms with Crippen LogP contribution in [0.25, 0.3) is 0 Å². The van der Waals surface area contributed by atoms with E-state index in [1.807, 2.05) is 0 Å². The van der Waals surface area contributed by atoms with Crippen molar-refractivity contribution in [1.29, 1.82) is 0 Å². The lowest BCUT2D eigenvalue weighted by molar-refractivity contribution is -0.122. The van der Waals surface area contributed by atoms with Crippen molar-refractivity contribution < 1.29 is 23.5 Å². The van der Waals surface area contributed by atoms with Gasteiger partial charge in [0, 0.05) is 0 Å². The number of ether oxygens (including phenoxy) is 1. The average Bonchev–Trinajstić information content (AvgIpc) is 2.92. The molecule has 1 saturated carbocycles. The molecule has 1 aliphatic heterocycles. The van der Waals surface area contributed by atoms with Crippen molar-refractivity contribution in [2.24, 2.45) is 17.8 Å². The molecule has 0 spiro atoms. The SMILES string of the molecule is C[C@H]1CC[C@H]2C(=O)N(c3ccccc3OC(=O)c3ccccc3F)C(=O)[C@@H]2C1. The standard InChI is InChI=1S/C22H20FNO4/c1-13-10-11-14-16(12-13)21(26)24(20(14)25)18-8-4-5-9-19(18)28-22(27)15-6-2-3-7-17(15)23/h2-9,13-14,16H,10-12H2,1H3/t13-,14+,16+/m0/s1. The van der Waals surface area contributed by atoms with Crippen molar-refractivity contribution in [1.82, 2.24) is 0 Å². The zero-order valence-electron chi connectivity index (χ0n) is 15.4. The van der Waals surface area contributed by atoms with Crippen molar-refractivity contribution in [3.63, 3.8) is 0 Å². The second-order valence-electron chi connectivity index (χ2n) is 7.48. The Balaban J connectivity index is 1.65. The van der Waals surface area contributed by atoms with Crippen LogP contribution in [0.15, 0.2) is 48.5 Å². The van der Waals surface area contributed by atoms with Crippen LogP contribution in [0, 0.1) is 23.6 Å². The number of halogens is 1. The molecule has 3 atom stereocenters. The molecule has 5 nitrogen and oxygen atoms in total. The fraction of sp³-hybridized carbons (Fsp3) is 0.318. The number of hydrogen-bond acceptors (Lipinski definition) is 4. The molecule has 2 amide bonds. The van der Waals surface area contributed by atoms with Crippen LogP contribution < -0.4 is 9.64 Å². The smallest absolute Gasteiger partial charge is 0.346 e. The second-order valence-corrected chi connectivity index (χ2v) is 7.48. The van der Waals surface area contributed by atoms with E-state index < -0.39 is 11.8 Å². The highest BCUT2D eigenvalue weighted by Gasteiger charge is 2.50. The molecule has 0 N–H and O–H groups in total. The van der Waals surface area contributed by atoms with Gasteiger partial charge >= 0.3 is 5.97 Å². The molecule has 28 heavy (non-hydrogen) atoms. The van der Waals surface area contributed by atoms with Gasteiger partial charge in [-0.15, -0.1) is 0 Å². The van der Waals surface area contributed by atoms with Crippen LogP contribution >= 0.6 is 0 Å². The van der Waals surface area contributed by atoms with Gasteiger partial charge < -0.3 is 4.74 Å². The summed E-state index contributed by atoms with van der Waals surface area (Å²) in [6, 6.07) is 11.9. The van der Waals surface area contributed by atoms with E-state index in [1.165, 1.54) is 30.3 Å². The zero-order chi connectivity index (χ0) is 19.8. The van der Waals surface area contributed by atoms with Crippen LogP contribution in [0.4, 0.5) is 10.1 Å². The molecule has 2 fully saturated rings. The molecule has 2 aromatic rings. The first-order valence-corrected chi connectivity index (χ1v) is 9.41. The summed E-state index contributed by atoms with van der Waals surface area (Å²) in [7, 11) is 0. The second kappa shape index (κ2) is 7.19. The summed E-state index contributed by atoms with van der Waals surface area (Å²) in [5.41, 5.74) is 0.0168. The van der Waals surface area contributed by atoms with Gasteiger partial charge in [0.2, 0.25) is 11.8 Å². The van der Waals surface area contributed by atoms with Crippen molar-refractivity contribution in [2.45, 2.75) is 26.2 Å². The van der Waals surface area contributed by atoms with Gasteiger partial charge in [-0.05, 0) is 49.4 Å². The van der Waals surface area contributed by atoms with E-state index >= 15 is 0 Å². The summed E-state index contributed by atoms with van der Waals surface area (Å²) >= 11 is 0. The van der Waals surface area contributed by atoms with Gasteiger partial charge in [0.05, 0.1) is 23.1 Å². The van der Waals surface area contributed by atoms with Gasteiger partial charge in [0.15, 0.2) is 5.75 Å². The number of carbonyl (C=O) groups excluding carboxylic acids is 3. The minimum atomic E-state index is -0.879. The van der Waals surface area contributed by atoms with Crippen LogP contribution in [0.5, 0.6) is 5.75 Å². The van der Waals surface area contributed by atoms with Gasteiger partial charge in [-0.2, -0.15) is 0 Å². The van der Waals surface area contributed by atoms with E-state index in [9.17, 15) is 18.8 Å². The molecule has 144 valence electrons. The Morgan fingerprint density at radius 1 is 1.00 bits per heavy atom. The third kappa shape index (κ3) is 3.09. The monoisotopic (exact) mass is 381 g/mol. The van der Waals surface area contributed by atoms with Crippen LogP contribution in [0.1, 0.15) is 36.5 Å². The van der Waals surface area contributed by atoms with Crippen LogP contribution in [0.3, 0.4) is 0 Å². The Labute approximate surface area is 162 Å². The number of esters is 1. The van der Waals surface area contributed by atoms with Crippen LogP contribution in [-0.4, -0.2) is 17.8 Å². The highest BCUT2D eigenvalue weighted by molar-refractivity contribution is 6.22. The van der Waals surface area contributed by atoms with E-state index in [1.54, 1.807) is 18.2 Å². The van der Waals surface area contributed by atoms with Gasteiger partial charge in [-0.1, -0.05) is 31.2 Å². The molecular formula is C22H20FNO4. The maximum absolute atomic E-state index is 13.9. The van der Waals surface area contributed by atoms with Gasteiger partial charge in [0.1, 0.15) is 5.82 Å². The lowest BCUT2D eigenvalue weighted by Gasteiger charge is -2.25. The highest BCUT2D eigenvalue weighted by atomic mass is 19.1. The molecule has 2 aliphatic rings. The number of benzene rings is 2. The Kier molecular flexibility index (Phi) is 4.71. The number of fused-ring (bicyclic) bond motifs is 1. The largest absolute Gasteiger partial charge is 0.421 e. The molecule has 2 aromatic carbocycles. The van der Waals surface area contributed by atoms with E-state index in [0.29, 0.717) is 18.8 Å². The number of amides is 2. The molecule has 1 aliphatic carbocycles. The summed E-state index contributed by atoms with van der Waals surface area (Å²) in [5, 5.41) is 0. The normalized spacial score (nSPS) is 24.2. The molecule has 0 aromatic heterocycles. The van der Waals surface area contributed by atoms with E-state index in [-0.39, 0.29) is 40.7 Å². The van der Waals surface area contributed by atoms with E-state index in [0.717, 1.165) is 11.3 Å². The summed E-state index contributed by atoms with van der Waals surface area (Å²) in [5.74, 6) is -2.27. The Hall–Kier alpha value is -3.02.